The molecule has 0 amide bonds. The molecule has 9 heavy (non-hydrogen) atoms. The first-order valence-corrected chi connectivity index (χ1v) is 2.10. The van der Waals surface area contributed by atoms with Crippen molar-refractivity contribution in [1.82, 2.24) is 0 Å². The average molecular weight is 214 g/mol. The second-order valence-electron chi connectivity index (χ2n) is 1.37. The molecule has 0 rings (SSSR count). The Bertz CT molecular complexity index is 117. The van der Waals surface area contributed by atoms with Crippen molar-refractivity contribution in [2.75, 3.05) is 0 Å². The smallest absolute Gasteiger partial charge is 0.101 e. The molecule has 0 saturated heterocycles. The molecule has 5 heteroatoms. The Morgan fingerprint density at radius 3 is 1.33 bits per heavy atom. The van der Waals surface area contributed by atoms with E-state index in [1.54, 1.807) is 0 Å². The van der Waals surface area contributed by atoms with Crippen LogP contribution >= 0.6 is 0 Å². The van der Waals surface area contributed by atoms with Gasteiger partial charge in [-0.1, -0.05) is 10.3 Å². The second-order valence-corrected chi connectivity index (χ2v) is 1.37. The Kier molecular flexibility index (Phi) is 7.24. The molecule has 0 bridgehead atoms. The molecule has 0 aromatic carbocycles. The number of oxime groups is 2. The van der Waals surface area contributed by atoms with E-state index in [-0.39, 0.29) is 20.1 Å². The Morgan fingerprint density at radius 1 is 1.00 bits per heavy atom. The first-order chi connectivity index (χ1) is 3.72. The van der Waals surface area contributed by atoms with Crippen LogP contribution in [0.2, 0.25) is 0 Å². The van der Waals surface area contributed by atoms with Gasteiger partial charge in [0.2, 0.25) is 0 Å². The Morgan fingerprint density at radius 2 is 1.22 bits per heavy atom. The summed E-state index contributed by atoms with van der Waals surface area (Å²) < 4.78 is 0. The minimum absolute atomic E-state index is 0. The van der Waals surface area contributed by atoms with Crippen molar-refractivity contribution in [1.29, 1.82) is 0 Å². The molecule has 0 aliphatic carbocycles. The fourth-order valence-corrected chi connectivity index (χ4v) is 0.145. The van der Waals surface area contributed by atoms with E-state index >= 15 is 0 Å². The zero-order valence-corrected chi connectivity index (χ0v) is 7.02. The molecule has 1 radical (unpaired) electrons. The van der Waals surface area contributed by atoms with E-state index in [2.05, 4.69) is 10.3 Å². The summed E-state index contributed by atoms with van der Waals surface area (Å²) in [4.78, 5) is 0. The number of hydrogen-bond acceptors (Lipinski definition) is 4. The standard InChI is InChI=1S/C4H8N2O2.Tc/c1-3(5-7)4(2)6-8;/h7-8H,1-2H3;. The van der Waals surface area contributed by atoms with Crippen LogP contribution in [0.5, 0.6) is 0 Å². The van der Waals surface area contributed by atoms with Crippen LogP contribution in [0.3, 0.4) is 0 Å². The molecule has 53 valence electrons. The maximum absolute atomic E-state index is 8.03. The molecule has 0 aliphatic rings. The molecule has 0 aromatic heterocycles. The van der Waals surface area contributed by atoms with Crippen LogP contribution in [-0.2, 0) is 20.1 Å². The van der Waals surface area contributed by atoms with Crippen LogP contribution in [0.1, 0.15) is 13.8 Å². The second kappa shape index (κ2) is 5.72. The monoisotopic (exact) mass is 213 g/mol. The summed E-state index contributed by atoms with van der Waals surface area (Å²) >= 11 is 0. The van der Waals surface area contributed by atoms with Crippen molar-refractivity contribution in [2.45, 2.75) is 13.8 Å². The van der Waals surface area contributed by atoms with Crippen LogP contribution < -0.4 is 0 Å². The SMILES string of the molecule is CC(=NO)C(C)=NO.[Tc]. The van der Waals surface area contributed by atoms with Gasteiger partial charge in [0.25, 0.3) is 0 Å². The number of hydrogen-bond donors (Lipinski definition) is 2. The molecule has 0 aliphatic heterocycles. The third-order valence-electron chi connectivity index (χ3n) is 0.824. The van der Waals surface area contributed by atoms with E-state index in [0.29, 0.717) is 11.4 Å². The van der Waals surface area contributed by atoms with E-state index in [4.69, 9.17) is 10.4 Å². The summed E-state index contributed by atoms with van der Waals surface area (Å²) in [5, 5.41) is 21.6. The summed E-state index contributed by atoms with van der Waals surface area (Å²) in [6.45, 7) is 3.07. The molecule has 0 unspecified atom stereocenters. The van der Waals surface area contributed by atoms with E-state index in [9.17, 15) is 0 Å². The van der Waals surface area contributed by atoms with Crippen molar-refractivity contribution in [3.05, 3.63) is 0 Å². The predicted molar refractivity (Wildman–Crippen MR) is 29.8 cm³/mol. The fourth-order valence-electron chi connectivity index (χ4n) is 0.145. The van der Waals surface area contributed by atoms with Crippen LogP contribution in [0.25, 0.3) is 0 Å². The molecular weight excluding hydrogens is 206 g/mol. The number of nitrogens with zero attached hydrogens (tertiary/aromatic N) is 2. The summed E-state index contributed by atoms with van der Waals surface area (Å²) in [6, 6.07) is 0. The van der Waals surface area contributed by atoms with E-state index in [1.807, 2.05) is 0 Å². The molecule has 0 heterocycles. The van der Waals surface area contributed by atoms with Gasteiger partial charge in [0.1, 0.15) is 11.4 Å². The van der Waals surface area contributed by atoms with Gasteiger partial charge in [-0.25, -0.2) is 0 Å². The third kappa shape index (κ3) is 4.12. The van der Waals surface area contributed by atoms with Crippen molar-refractivity contribution in [3.63, 3.8) is 0 Å². The Labute approximate surface area is 66.6 Å². The van der Waals surface area contributed by atoms with Gasteiger partial charge in [-0.2, -0.15) is 0 Å². The zero-order valence-electron chi connectivity index (χ0n) is 5.17. The van der Waals surface area contributed by atoms with Crippen molar-refractivity contribution in [3.8, 4) is 0 Å². The minimum Gasteiger partial charge on any atom is -0.411 e. The average Bonchev–Trinajstić information content (AvgIpc) is 1.84. The molecule has 0 atom stereocenters. The topological polar surface area (TPSA) is 65.2 Å². The Hall–Kier alpha value is -0.411. The van der Waals surface area contributed by atoms with Gasteiger partial charge in [-0.3, -0.25) is 0 Å². The van der Waals surface area contributed by atoms with Gasteiger partial charge < -0.3 is 10.4 Å². The molecule has 0 spiro atoms. The van der Waals surface area contributed by atoms with Crippen LogP contribution in [0.15, 0.2) is 10.3 Å². The van der Waals surface area contributed by atoms with Crippen LogP contribution in [0, 0.1) is 0 Å². The van der Waals surface area contributed by atoms with Gasteiger partial charge >= 0.3 is 0 Å². The first-order valence-electron chi connectivity index (χ1n) is 2.10. The normalized spacial score (nSPS) is 12.7. The molecule has 0 aromatic rings. The third-order valence-corrected chi connectivity index (χ3v) is 0.824. The summed E-state index contributed by atoms with van der Waals surface area (Å²) in [6.07, 6.45) is 0. The maximum Gasteiger partial charge on any atom is 0.101 e. The fraction of sp³-hybridized carbons (Fsp3) is 0.500. The van der Waals surface area contributed by atoms with Crippen LogP contribution in [-0.4, -0.2) is 21.8 Å². The van der Waals surface area contributed by atoms with Gasteiger partial charge in [0.05, 0.1) is 0 Å². The molecule has 4 nitrogen and oxygen atoms in total. The Balaban J connectivity index is 0. The molecular formula is C4H8N2O2Tc. The maximum atomic E-state index is 8.03. The summed E-state index contributed by atoms with van der Waals surface area (Å²) in [7, 11) is 0. The van der Waals surface area contributed by atoms with Gasteiger partial charge in [0, 0.05) is 20.1 Å². The molecule has 0 saturated carbocycles. The van der Waals surface area contributed by atoms with Crippen molar-refractivity contribution in [2.24, 2.45) is 10.3 Å². The van der Waals surface area contributed by atoms with Crippen molar-refractivity contribution < 1.29 is 30.5 Å². The van der Waals surface area contributed by atoms with Crippen LogP contribution in [0.4, 0.5) is 0 Å². The van der Waals surface area contributed by atoms with E-state index < -0.39 is 0 Å². The summed E-state index contributed by atoms with van der Waals surface area (Å²) in [5.41, 5.74) is 0.625. The van der Waals surface area contributed by atoms with Crippen molar-refractivity contribution >= 4 is 11.4 Å². The van der Waals surface area contributed by atoms with Gasteiger partial charge in [-0.05, 0) is 13.8 Å². The minimum atomic E-state index is 0. The largest absolute Gasteiger partial charge is 0.411 e. The summed E-state index contributed by atoms with van der Waals surface area (Å²) in [5.74, 6) is 0. The van der Waals surface area contributed by atoms with E-state index in [1.165, 1.54) is 13.8 Å². The predicted octanol–water partition coefficient (Wildman–Crippen LogP) is 0.684. The number of rotatable bonds is 1. The van der Waals surface area contributed by atoms with Gasteiger partial charge in [0.15, 0.2) is 0 Å². The van der Waals surface area contributed by atoms with E-state index in [0.717, 1.165) is 0 Å². The zero-order chi connectivity index (χ0) is 6.57. The first kappa shape index (κ1) is 11.4. The quantitative estimate of drug-likeness (QED) is 0.383. The van der Waals surface area contributed by atoms with Gasteiger partial charge in [-0.15, -0.1) is 0 Å². The molecule has 0 fully saturated rings. The molecule has 2 N–H and O–H groups in total.